The molecule has 0 spiro atoms. The van der Waals surface area contributed by atoms with E-state index in [1.165, 1.54) is 5.56 Å². The van der Waals surface area contributed by atoms with Crippen LogP contribution in [0, 0.1) is 5.92 Å². The number of rotatable bonds is 6. The standard InChI is InChI=1S/C20H32N2O3/c1-15(17-7-6-8-18(13-17)24-5)21-11-9-16-10-12-22(14-16)19(23)25-20(2,3)4/h6-8,13,15-16,21H,9-12,14H2,1-5H3/t15-,16?/m1/s1. The maximum atomic E-state index is 12.1. The van der Waals surface area contributed by atoms with Gasteiger partial charge in [0.05, 0.1) is 7.11 Å². The molecule has 2 atom stereocenters. The average Bonchev–Trinajstić information content (AvgIpc) is 3.02. The van der Waals surface area contributed by atoms with Crippen molar-refractivity contribution in [2.75, 3.05) is 26.7 Å². The number of nitrogens with one attached hydrogen (secondary N) is 1. The van der Waals surface area contributed by atoms with Crippen LogP contribution in [-0.2, 0) is 4.74 Å². The van der Waals surface area contributed by atoms with E-state index in [9.17, 15) is 4.79 Å². The number of nitrogens with zero attached hydrogens (tertiary/aromatic N) is 1. The zero-order valence-corrected chi connectivity index (χ0v) is 16.2. The minimum Gasteiger partial charge on any atom is -0.497 e. The summed E-state index contributed by atoms with van der Waals surface area (Å²) < 4.78 is 10.7. The lowest BCUT2D eigenvalue weighted by atomic mass is 10.0. The Morgan fingerprint density at radius 1 is 1.40 bits per heavy atom. The molecule has 1 aromatic carbocycles. The van der Waals surface area contributed by atoms with Gasteiger partial charge in [0.15, 0.2) is 0 Å². The summed E-state index contributed by atoms with van der Waals surface area (Å²) in [5, 5.41) is 3.57. The molecule has 0 radical (unpaired) electrons. The molecule has 1 amide bonds. The van der Waals surface area contributed by atoms with Gasteiger partial charge in [0, 0.05) is 19.1 Å². The number of carbonyl (C=O) groups excluding carboxylic acids is 1. The van der Waals surface area contributed by atoms with E-state index in [2.05, 4.69) is 24.4 Å². The van der Waals surface area contributed by atoms with Crippen molar-refractivity contribution in [3.8, 4) is 5.75 Å². The van der Waals surface area contributed by atoms with Gasteiger partial charge in [-0.25, -0.2) is 4.79 Å². The van der Waals surface area contributed by atoms with E-state index in [0.29, 0.717) is 5.92 Å². The third-order valence-electron chi connectivity index (χ3n) is 4.53. The Kier molecular flexibility index (Phi) is 6.71. The van der Waals surface area contributed by atoms with Crippen LogP contribution in [0.5, 0.6) is 5.75 Å². The van der Waals surface area contributed by atoms with Crippen LogP contribution in [0.25, 0.3) is 0 Å². The summed E-state index contributed by atoms with van der Waals surface area (Å²) in [6, 6.07) is 8.43. The van der Waals surface area contributed by atoms with Gasteiger partial charge in [0.2, 0.25) is 0 Å². The van der Waals surface area contributed by atoms with Gasteiger partial charge in [-0.15, -0.1) is 0 Å². The van der Waals surface area contributed by atoms with Crippen molar-refractivity contribution in [1.29, 1.82) is 0 Å². The molecule has 25 heavy (non-hydrogen) atoms. The van der Waals surface area contributed by atoms with Gasteiger partial charge >= 0.3 is 6.09 Å². The van der Waals surface area contributed by atoms with Crippen molar-refractivity contribution in [3.63, 3.8) is 0 Å². The lowest BCUT2D eigenvalue weighted by molar-refractivity contribution is 0.0287. The monoisotopic (exact) mass is 348 g/mol. The SMILES string of the molecule is COc1cccc([C@@H](C)NCCC2CCN(C(=O)OC(C)(C)C)C2)c1. The summed E-state index contributed by atoms with van der Waals surface area (Å²) >= 11 is 0. The lowest BCUT2D eigenvalue weighted by Gasteiger charge is -2.24. The summed E-state index contributed by atoms with van der Waals surface area (Å²) in [5.74, 6) is 1.42. The van der Waals surface area contributed by atoms with E-state index < -0.39 is 5.60 Å². The van der Waals surface area contributed by atoms with Gasteiger partial charge in [-0.2, -0.15) is 0 Å². The molecule has 1 aliphatic rings. The number of benzene rings is 1. The number of amides is 1. The molecular weight excluding hydrogens is 316 g/mol. The predicted octanol–water partition coefficient (Wildman–Crippen LogP) is 3.99. The Balaban J connectivity index is 1.72. The molecule has 140 valence electrons. The molecule has 1 unspecified atom stereocenters. The summed E-state index contributed by atoms with van der Waals surface area (Å²) in [6.07, 6.45) is 1.93. The largest absolute Gasteiger partial charge is 0.497 e. The van der Waals surface area contributed by atoms with E-state index >= 15 is 0 Å². The summed E-state index contributed by atoms with van der Waals surface area (Å²) in [7, 11) is 1.69. The maximum absolute atomic E-state index is 12.1. The minimum absolute atomic E-state index is 0.187. The normalized spacial score (nSPS) is 18.9. The van der Waals surface area contributed by atoms with Crippen molar-refractivity contribution in [3.05, 3.63) is 29.8 Å². The number of likely N-dealkylation sites (tertiary alicyclic amines) is 1. The van der Waals surface area contributed by atoms with Crippen LogP contribution in [0.1, 0.15) is 52.1 Å². The minimum atomic E-state index is -0.428. The van der Waals surface area contributed by atoms with E-state index in [-0.39, 0.29) is 12.1 Å². The highest BCUT2D eigenvalue weighted by Gasteiger charge is 2.29. The fourth-order valence-electron chi connectivity index (χ4n) is 3.09. The van der Waals surface area contributed by atoms with E-state index in [0.717, 1.165) is 38.2 Å². The lowest BCUT2D eigenvalue weighted by Crippen LogP contribution is -2.35. The Bertz CT molecular complexity index is 568. The molecule has 0 aromatic heterocycles. The molecule has 1 heterocycles. The van der Waals surface area contributed by atoms with Crippen molar-refractivity contribution >= 4 is 6.09 Å². The van der Waals surface area contributed by atoms with Crippen LogP contribution in [0.4, 0.5) is 4.79 Å². The van der Waals surface area contributed by atoms with Gasteiger partial charge in [-0.3, -0.25) is 0 Å². The van der Waals surface area contributed by atoms with Gasteiger partial charge in [-0.05, 0) is 70.7 Å². The van der Waals surface area contributed by atoms with Crippen LogP contribution in [0.2, 0.25) is 0 Å². The van der Waals surface area contributed by atoms with Gasteiger partial charge < -0.3 is 19.7 Å². The molecule has 1 saturated heterocycles. The molecule has 5 heteroatoms. The molecule has 5 nitrogen and oxygen atoms in total. The second-order valence-electron chi connectivity index (χ2n) is 7.82. The van der Waals surface area contributed by atoms with Crippen molar-refractivity contribution in [1.82, 2.24) is 10.2 Å². The molecule has 1 N–H and O–H groups in total. The first kappa shape index (κ1) is 19.6. The highest BCUT2D eigenvalue weighted by atomic mass is 16.6. The highest BCUT2D eigenvalue weighted by molar-refractivity contribution is 5.68. The quantitative estimate of drug-likeness (QED) is 0.844. The fourth-order valence-corrected chi connectivity index (χ4v) is 3.09. The van der Waals surface area contributed by atoms with Crippen LogP contribution in [-0.4, -0.2) is 43.3 Å². The molecule has 0 saturated carbocycles. The summed E-state index contributed by atoms with van der Waals surface area (Å²) in [6.45, 7) is 10.4. The van der Waals surface area contributed by atoms with Crippen LogP contribution >= 0.6 is 0 Å². The van der Waals surface area contributed by atoms with E-state index in [1.54, 1.807) is 7.11 Å². The second kappa shape index (κ2) is 8.56. The Morgan fingerprint density at radius 3 is 2.84 bits per heavy atom. The topological polar surface area (TPSA) is 50.8 Å². The highest BCUT2D eigenvalue weighted by Crippen LogP contribution is 2.23. The van der Waals surface area contributed by atoms with Crippen LogP contribution < -0.4 is 10.1 Å². The fraction of sp³-hybridized carbons (Fsp3) is 0.650. The third kappa shape index (κ3) is 6.24. The van der Waals surface area contributed by atoms with Crippen molar-refractivity contribution in [2.24, 2.45) is 5.92 Å². The van der Waals surface area contributed by atoms with Gasteiger partial charge in [0.25, 0.3) is 0 Å². The van der Waals surface area contributed by atoms with Crippen molar-refractivity contribution < 1.29 is 14.3 Å². The van der Waals surface area contributed by atoms with Crippen molar-refractivity contribution in [2.45, 2.75) is 52.2 Å². The molecule has 1 aliphatic heterocycles. The van der Waals surface area contributed by atoms with Crippen LogP contribution in [0.3, 0.4) is 0 Å². The third-order valence-corrected chi connectivity index (χ3v) is 4.53. The Morgan fingerprint density at radius 2 is 2.16 bits per heavy atom. The number of methoxy groups -OCH3 is 1. The number of hydrogen-bond donors (Lipinski definition) is 1. The Labute approximate surface area is 151 Å². The first-order valence-electron chi connectivity index (χ1n) is 9.14. The first-order valence-corrected chi connectivity index (χ1v) is 9.14. The predicted molar refractivity (Wildman–Crippen MR) is 99.9 cm³/mol. The smallest absolute Gasteiger partial charge is 0.410 e. The average molecular weight is 348 g/mol. The molecular formula is C20H32N2O3. The van der Waals surface area contributed by atoms with E-state index in [4.69, 9.17) is 9.47 Å². The summed E-state index contributed by atoms with van der Waals surface area (Å²) in [5.41, 5.74) is 0.796. The zero-order chi connectivity index (χ0) is 18.4. The summed E-state index contributed by atoms with van der Waals surface area (Å²) in [4.78, 5) is 13.9. The second-order valence-corrected chi connectivity index (χ2v) is 7.82. The molecule has 1 aromatic rings. The zero-order valence-electron chi connectivity index (χ0n) is 16.2. The molecule has 1 fully saturated rings. The number of ether oxygens (including phenoxy) is 2. The van der Waals surface area contributed by atoms with Crippen LogP contribution in [0.15, 0.2) is 24.3 Å². The molecule has 0 aliphatic carbocycles. The maximum Gasteiger partial charge on any atom is 0.410 e. The molecule has 0 bridgehead atoms. The van der Waals surface area contributed by atoms with Gasteiger partial charge in [0.1, 0.15) is 11.4 Å². The Hall–Kier alpha value is -1.75. The van der Waals surface area contributed by atoms with Gasteiger partial charge in [-0.1, -0.05) is 12.1 Å². The van der Waals surface area contributed by atoms with E-state index in [1.807, 2.05) is 37.8 Å². The number of hydrogen-bond acceptors (Lipinski definition) is 4. The first-order chi connectivity index (χ1) is 11.8. The molecule has 2 rings (SSSR count). The number of carbonyl (C=O) groups is 1.